The number of hydrogen-bond acceptors (Lipinski definition) is 6. The average molecular weight is 390 g/mol. The molecule has 4 aromatic rings. The number of carbonyl (C=O) groups excluding carboxylic acids is 1. The number of benzene rings is 2. The Bertz CT molecular complexity index is 1100. The van der Waals surface area contributed by atoms with Gasteiger partial charge in [0.25, 0.3) is 5.91 Å². The van der Waals surface area contributed by atoms with E-state index in [1.807, 2.05) is 42.5 Å². The van der Waals surface area contributed by atoms with Gasteiger partial charge in [-0.25, -0.2) is 9.97 Å². The molecule has 0 aliphatic rings. The predicted octanol–water partition coefficient (Wildman–Crippen LogP) is 4.11. The molecule has 6 nitrogen and oxygen atoms in total. The molecule has 0 bridgehead atoms. The van der Waals surface area contributed by atoms with E-state index < -0.39 is 0 Å². The third kappa shape index (κ3) is 4.10. The molecule has 2 aromatic heterocycles. The number of amides is 1. The normalized spacial score (nSPS) is 10.7. The summed E-state index contributed by atoms with van der Waals surface area (Å²) in [6.45, 7) is 0.495. The number of rotatable bonds is 6. The Balaban J connectivity index is 1.38. The van der Waals surface area contributed by atoms with Crippen LogP contribution in [-0.4, -0.2) is 27.5 Å². The Kier molecular flexibility index (Phi) is 5.16. The highest BCUT2D eigenvalue weighted by Gasteiger charge is 2.11. The number of hydrogen-bond donors (Lipinski definition) is 3. The van der Waals surface area contributed by atoms with Crippen LogP contribution in [0.2, 0.25) is 0 Å². The van der Waals surface area contributed by atoms with Crippen LogP contribution in [0.4, 0.5) is 10.9 Å². The first kappa shape index (κ1) is 17.9. The fourth-order valence-corrected chi connectivity index (χ4v) is 3.52. The van der Waals surface area contributed by atoms with Gasteiger partial charge in [-0.3, -0.25) is 4.79 Å². The molecule has 0 atom stereocenters. The summed E-state index contributed by atoms with van der Waals surface area (Å²) in [6, 6.07) is 16.9. The fourth-order valence-electron chi connectivity index (χ4n) is 2.83. The molecular formula is C21H18N4O2S. The smallest absolute Gasteiger partial charge is 0.270 e. The summed E-state index contributed by atoms with van der Waals surface area (Å²) >= 11 is 1.36. The second-order valence-electron chi connectivity index (χ2n) is 6.22. The number of thiazole rings is 1. The van der Waals surface area contributed by atoms with E-state index in [1.54, 1.807) is 23.7 Å². The SMILES string of the molecule is O=C(NCCc1ccc(O)cc1)c1csc(Nc2nccc3ccccc23)n1. The standard InChI is InChI=1S/C21H18N4O2S/c26-16-7-5-14(6-8-16)9-11-23-20(27)18-13-28-21(24-18)25-19-17-4-2-1-3-15(17)10-12-22-19/h1-8,10,12-13,26H,9,11H2,(H,23,27)(H,22,24,25). The maximum atomic E-state index is 12.3. The molecular weight excluding hydrogens is 372 g/mol. The summed E-state index contributed by atoms with van der Waals surface area (Å²) in [7, 11) is 0. The summed E-state index contributed by atoms with van der Waals surface area (Å²) in [5.74, 6) is 0.733. The molecule has 0 saturated heterocycles. The molecule has 0 saturated carbocycles. The van der Waals surface area contributed by atoms with Crippen LogP contribution < -0.4 is 10.6 Å². The number of fused-ring (bicyclic) bond motifs is 1. The molecule has 0 unspecified atom stereocenters. The van der Waals surface area contributed by atoms with Crippen molar-refractivity contribution in [1.29, 1.82) is 0 Å². The van der Waals surface area contributed by atoms with Crippen molar-refractivity contribution >= 4 is 39.0 Å². The number of nitrogens with zero attached hydrogens (tertiary/aromatic N) is 2. The fraction of sp³-hybridized carbons (Fsp3) is 0.0952. The first-order chi connectivity index (χ1) is 13.7. The van der Waals surface area contributed by atoms with E-state index in [1.165, 1.54) is 11.3 Å². The zero-order valence-corrected chi connectivity index (χ0v) is 15.7. The van der Waals surface area contributed by atoms with Gasteiger partial charge in [0, 0.05) is 23.5 Å². The van der Waals surface area contributed by atoms with Crippen LogP contribution in [0.1, 0.15) is 16.1 Å². The van der Waals surface area contributed by atoms with Gasteiger partial charge >= 0.3 is 0 Å². The monoisotopic (exact) mass is 390 g/mol. The number of phenolic OH excluding ortho intramolecular Hbond substituents is 1. The molecule has 0 spiro atoms. The molecule has 0 aliphatic heterocycles. The van der Waals surface area contributed by atoms with E-state index in [4.69, 9.17) is 0 Å². The molecule has 28 heavy (non-hydrogen) atoms. The first-order valence-corrected chi connectivity index (χ1v) is 9.69. The molecule has 1 amide bonds. The van der Waals surface area contributed by atoms with Crippen molar-refractivity contribution in [2.75, 3.05) is 11.9 Å². The largest absolute Gasteiger partial charge is 0.508 e. The lowest BCUT2D eigenvalue weighted by molar-refractivity contribution is 0.0950. The zero-order valence-electron chi connectivity index (χ0n) is 14.9. The van der Waals surface area contributed by atoms with Crippen molar-refractivity contribution in [2.24, 2.45) is 0 Å². The number of aromatic hydroxyl groups is 1. The molecule has 0 aliphatic carbocycles. The summed E-state index contributed by atoms with van der Waals surface area (Å²) in [5, 5.41) is 19.8. The Labute approximate surface area is 165 Å². The molecule has 140 valence electrons. The molecule has 2 heterocycles. The number of pyridine rings is 1. The maximum Gasteiger partial charge on any atom is 0.270 e. The Morgan fingerprint density at radius 2 is 1.89 bits per heavy atom. The van der Waals surface area contributed by atoms with Gasteiger partial charge in [-0.2, -0.15) is 0 Å². The van der Waals surface area contributed by atoms with Crippen molar-refractivity contribution in [2.45, 2.75) is 6.42 Å². The number of nitrogens with one attached hydrogen (secondary N) is 2. The van der Waals surface area contributed by atoms with Gasteiger partial charge in [0.05, 0.1) is 0 Å². The number of aromatic nitrogens is 2. The lowest BCUT2D eigenvalue weighted by Gasteiger charge is -2.06. The lowest BCUT2D eigenvalue weighted by Crippen LogP contribution is -2.25. The lowest BCUT2D eigenvalue weighted by atomic mass is 10.1. The van der Waals surface area contributed by atoms with Gasteiger partial charge in [-0.05, 0) is 35.6 Å². The van der Waals surface area contributed by atoms with Crippen molar-refractivity contribution < 1.29 is 9.90 Å². The third-order valence-corrected chi connectivity index (χ3v) is 5.03. The topological polar surface area (TPSA) is 87.1 Å². The van der Waals surface area contributed by atoms with Crippen molar-refractivity contribution in [3.63, 3.8) is 0 Å². The van der Waals surface area contributed by atoms with E-state index in [0.717, 1.165) is 16.3 Å². The highest BCUT2D eigenvalue weighted by Crippen LogP contribution is 2.25. The molecule has 4 rings (SSSR count). The number of phenols is 1. The minimum Gasteiger partial charge on any atom is -0.508 e. The van der Waals surface area contributed by atoms with Crippen LogP contribution in [0.25, 0.3) is 10.8 Å². The van der Waals surface area contributed by atoms with Gasteiger partial charge in [-0.15, -0.1) is 11.3 Å². The van der Waals surface area contributed by atoms with Crippen LogP contribution in [0.3, 0.4) is 0 Å². The highest BCUT2D eigenvalue weighted by atomic mass is 32.1. The van der Waals surface area contributed by atoms with Crippen molar-refractivity contribution in [3.8, 4) is 5.75 Å². The molecule has 7 heteroatoms. The molecule has 0 radical (unpaired) electrons. The van der Waals surface area contributed by atoms with Gasteiger partial charge in [0.2, 0.25) is 0 Å². The Hall–Kier alpha value is -3.45. The van der Waals surface area contributed by atoms with E-state index in [2.05, 4.69) is 20.6 Å². The van der Waals surface area contributed by atoms with Gasteiger partial charge in [0.1, 0.15) is 17.3 Å². The number of anilines is 2. The second-order valence-corrected chi connectivity index (χ2v) is 7.07. The summed E-state index contributed by atoms with van der Waals surface area (Å²) in [6.07, 6.45) is 2.43. The predicted molar refractivity (Wildman–Crippen MR) is 111 cm³/mol. The van der Waals surface area contributed by atoms with E-state index in [9.17, 15) is 9.90 Å². The Morgan fingerprint density at radius 1 is 1.07 bits per heavy atom. The Morgan fingerprint density at radius 3 is 2.75 bits per heavy atom. The third-order valence-electron chi connectivity index (χ3n) is 4.27. The molecule has 3 N–H and O–H groups in total. The summed E-state index contributed by atoms with van der Waals surface area (Å²) < 4.78 is 0. The van der Waals surface area contributed by atoms with E-state index in [-0.39, 0.29) is 11.7 Å². The number of carbonyl (C=O) groups is 1. The van der Waals surface area contributed by atoms with E-state index >= 15 is 0 Å². The van der Waals surface area contributed by atoms with Crippen LogP contribution in [0.5, 0.6) is 5.75 Å². The average Bonchev–Trinajstić information content (AvgIpc) is 3.18. The molecule has 2 aromatic carbocycles. The van der Waals surface area contributed by atoms with Crippen LogP contribution >= 0.6 is 11.3 Å². The summed E-state index contributed by atoms with van der Waals surface area (Å²) in [4.78, 5) is 21.1. The van der Waals surface area contributed by atoms with E-state index in [0.29, 0.717) is 29.6 Å². The van der Waals surface area contributed by atoms with Gasteiger partial charge < -0.3 is 15.7 Å². The zero-order chi connectivity index (χ0) is 19.3. The maximum absolute atomic E-state index is 12.3. The quantitative estimate of drug-likeness (QED) is 0.461. The van der Waals surface area contributed by atoms with Gasteiger partial charge in [-0.1, -0.05) is 36.4 Å². The molecule has 0 fully saturated rings. The first-order valence-electron chi connectivity index (χ1n) is 8.81. The minimum atomic E-state index is -0.214. The van der Waals surface area contributed by atoms with Crippen LogP contribution in [0.15, 0.2) is 66.2 Å². The van der Waals surface area contributed by atoms with Crippen LogP contribution in [-0.2, 0) is 6.42 Å². The van der Waals surface area contributed by atoms with Gasteiger partial charge in [0.15, 0.2) is 5.13 Å². The van der Waals surface area contributed by atoms with Crippen LogP contribution in [0, 0.1) is 0 Å². The van der Waals surface area contributed by atoms with Crippen molar-refractivity contribution in [1.82, 2.24) is 15.3 Å². The van der Waals surface area contributed by atoms with Crippen molar-refractivity contribution in [3.05, 3.63) is 77.4 Å². The minimum absolute atomic E-state index is 0.214. The second kappa shape index (κ2) is 8.06. The summed E-state index contributed by atoms with van der Waals surface area (Å²) in [5.41, 5.74) is 1.42. The highest BCUT2D eigenvalue weighted by molar-refractivity contribution is 7.14.